The second kappa shape index (κ2) is 10.8. The fourth-order valence-electron chi connectivity index (χ4n) is 4.06. The molecule has 0 unspecified atom stereocenters. The van der Waals surface area contributed by atoms with E-state index in [1.165, 1.54) is 6.07 Å². The van der Waals surface area contributed by atoms with Gasteiger partial charge in [0.25, 0.3) is 0 Å². The largest absolute Gasteiger partial charge is 0.381 e. The van der Waals surface area contributed by atoms with Crippen LogP contribution in [-0.4, -0.2) is 65.8 Å². The quantitative estimate of drug-likeness (QED) is 0.200. The van der Waals surface area contributed by atoms with Crippen LogP contribution in [-0.2, 0) is 4.74 Å². The van der Waals surface area contributed by atoms with E-state index in [-0.39, 0.29) is 33.3 Å². The summed E-state index contributed by atoms with van der Waals surface area (Å²) in [6.07, 6.45) is 2.07. The number of nitrogens with zero attached hydrogens (tertiary/aromatic N) is 3. The van der Waals surface area contributed by atoms with E-state index in [9.17, 15) is 18.4 Å². The van der Waals surface area contributed by atoms with Gasteiger partial charge in [0.1, 0.15) is 11.3 Å². The molecule has 0 radical (unpaired) electrons. The molecule has 3 aromatic rings. The zero-order chi connectivity index (χ0) is 25.1. The second-order valence-corrected chi connectivity index (χ2v) is 8.94. The fraction of sp³-hybridized carbons (Fsp3) is 0.391. The minimum Gasteiger partial charge on any atom is -0.381 e. The van der Waals surface area contributed by atoms with Crippen LogP contribution < -0.4 is 10.4 Å². The molecule has 4 N–H and O–H groups in total. The first kappa shape index (κ1) is 25.2. The molecule has 1 aromatic heterocycles. The Morgan fingerprint density at radius 1 is 1.26 bits per heavy atom. The van der Waals surface area contributed by atoms with Crippen molar-refractivity contribution in [3.05, 3.63) is 52.3 Å². The average molecular weight is 511 g/mol. The number of rotatable bonds is 8. The minimum absolute atomic E-state index is 0.0234. The van der Waals surface area contributed by atoms with Crippen LogP contribution in [0.5, 0.6) is 0 Å². The molecule has 4 rings (SSSR count). The highest BCUT2D eigenvalue weighted by Crippen LogP contribution is 2.28. The van der Waals surface area contributed by atoms with E-state index in [4.69, 9.17) is 21.7 Å². The van der Waals surface area contributed by atoms with E-state index in [0.717, 1.165) is 50.8 Å². The van der Waals surface area contributed by atoms with E-state index in [0.29, 0.717) is 24.1 Å². The first-order valence-electron chi connectivity index (χ1n) is 11.2. The lowest BCUT2D eigenvalue weighted by atomic mass is 10.00. The third-order valence-corrected chi connectivity index (χ3v) is 6.26. The van der Waals surface area contributed by atoms with Gasteiger partial charge in [-0.1, -0.05) is 11.6 Å². The molecule has 1 aliphatic rings. The molecule has 0 aliphatic carbocycles. The van der Waals surface area contributed by atoms with Crippen molar-refractivity contribution in [3.8, 4) is 0 Å². The van der Waals surface area contributed by atoms with Gasteiger partial charge in [-0.2, -0.15) is 0 Å². The topological polar surface area (TPSA) is 101 Å². The molecule has 2 heterocycles. The van der Waals surface area contributed by atoms with E-state index in [1.54, 1.807) is 0 Å². The van der Waals surface area contributed by atoms with Gasteiger partial charge in [0.15, 0.2) is 17.5 Å². The van der Waals surface area contributed by atoms with Crippen molar-refractivity contribution < 1.29 is 23.1 Å². The number of ether oxygens (including phenoxy) is 1. The Balaban J connectivity index is 1.49. The third kappa shape index (κ3) is 5.69. The summed E-state index contributed by atoms with van der Waals surface area (Å²) in [5.41, 5.74) is -0.448. The fourth-order valence-corrected chi connectivity index (χ4v) is 4.23. The lowest BCUT2D eigenvalue weighted by Crippen LogP contribution is -2.32. The number of imidazole rings is 1. The lowest BCUT2D eigenvalue weighted by molar-refractivity contribution is 0.0562. The Kier molecular flexibility index (Phi) is 7.80. The highest BCUT2D eigenvalue weighted by Gasteiger charge is 2.23. The molecular weight excluding hydrogens is 485 g/mol. The summed E-state index contributed by atoms with van der Waals surface area (Å²) in [4.78, 5) is 9.15. The highest BCUT2D eigenvalue weighted by molar-refractivity contribution is 6.31. The Labute approximate surface area is 205 Å². The van der Waals surface area contributed by atoms with Crippen LogP contribution in [0.3, 0.4) is 0 Å². The molecule has 12 heteroatoms. The van der Waals surface area contributed by atoms with Gasteiger partial charge in [-0.3, -0.25) is 10.6 Å². The van der Waals surface area contributed by atoms with E-state index >= 15 is 0 Å². The summed E-state index contributed by atoms with van der Waals surface area (Å²) in [7, 11) is 2.02. The molecule has 0 bridgehead atoms. The van der Waals surface area contributed by atoms with Crippen molar-refractivity contribution in [1.82, 2.24) is 14.9 Å². The molecule has 0 atom stereocenters. The number of anilines is 2. The Hall–Kier alpha value is -2.86. The summed E-state index contributed by atoms with van der Waals surface area (Å²) >= 11 is 5.75. The van der Waals surface area contributed by atoms with Crippen LogP contribution >= 0.6 is 11.6 Å². The first-order valence-corrected chi connectivity index (χ1v) is 11.5. The average Bonchev–Trinajstić information content (AvgIpc) is 3.27. The summed E-state index contributed by atoms with van der Waals surface area (Å²) in [5, 5.41) is 22.0. The molecule has 188 valence electrons. The summed E-state index contributed by atoms with van der Waals surface area (Å²) < 4.78 is 47.6. The molecule has 35 heavy (non-hydrogen) atoms. The monoisotopic (exact) mass is 510 g/mol. The van der Waals surface area contributed by atoms with Crippen molar-refractivity contribution in [3.63, 3.8) is 0 Å². The van der Waals surface area contributed by atoms with Crippen molar-refractivity contribution in [2.75, 3.05) is 50.3 Å². The Morgan fingerprint density at radius 3 is 2.71 bits per heavy atom. The molecule has 0 amide bonds. The number of H-pyrrole nitrogens is 1. The predicted molar refractivity (Wildman–Crippen MR) is 128 cm³/mol. The summed E-state index contributed by atoms with van der Waals surface area (Å²) in [6.45, 7) is 3.70. The zero-order valence-electron chi connectivity index (χ0n) is 19.0. The zero-order valence-corrected chi connectivity index (χ0v) is 19.8. The number of halogens is 4. The summed E-state index contributed by atoms with van der Waals surface area (Å²) in [6, 6.07) is 4.12. The number of nitrogens with one attached hydrogen (secondary N) is 3. The van der Waals surface area contributed by atoms with Crippen molar-refractivity contribution >= 4 is 40.1 Å². The van der Waals surface area contributed by atoms with Gasteiger partial charge in [-0.05, 0) is 50.1 Å². The number of amidine groups is 1. The van der Waals surface area contributed by atoms with Gasteiger partial charge in [-0.15, -0.1) is 0 Å². The van der Waals surface area contributed by atoms with Gasteiger partial charge >= 0.3 is 0 Å². The number of aromatic amines is 1. The maximum Gasteiger partial charge on any atom is 0.201 e. The number of aromatic nitrogens is 2. The first-order chi connectivity index (χ1) is 16.7. The third-order valence-electron chi connectivity index (χ3n) is 5.97. The normalized spacial score (nSPS) is 14.6. The van der Waals surface area contributed by atoms with E-state index in [1.807, 2.05) is 7.05 Å². The molecule has 8 nitrogen and oxygen atoms in total. The number of likely N-dealkylation sites (N-methyl/N-ethyl adjacent to an activating group) is 1. The maximum atomic E-state index is 14.5. The standard InChI is InChI=1S/C23H26ClF3N6O2/c1-32(12-13-4-8-35-9-5-13)7-6-29-23-30-20-15(11-18(26)19(27)21(20)31-23)22(28)33(34)14-2-3-17(25)16(24)10-14/h2-3,10-11,13,28,34H,4-9,12H2,1H3,(H2,29,30,31). The molecule has 1 fully saturated rings. The molecular formula is C23H26ClF3N6O2. The van der Waals surface area contributed by atoms with Gasteiger partial charge in [0, 0.05) is 38.4 Å². The van der Waals surface area contributed by atoms with Gasteiger partial charge in [0.05, 0.1) is 16.2 Å². The number of fused-ring (bicyclic) bond motifs is 1. The van der Waals surface area contributed by atoms with Gasteiger partial charge in [-0.25, -0.2) is 23.2 Å². The molecule has 2 aromatic carbocycles. The molecule has 1 saturated heterocycles. The maximum absolute atomic E-state index is 14.5. The van der Waals surface area contributed by atoms with Crippen LogP contribution in [0.15, 0.2) is 24.3 Å². The van der Waals surface area contributed by atoms with Crippen molar-refractivity contribution in [2.24, 2.45) is 5.92 Å². The summed E-state index contributed by atoms with van der Waals surface area (Å²) in [5.74, 6) is -2.89. The minimum atomic E-state index is -1.22. The smallest absolute Gasteiger partial charge is 0.201 e. The number of hydrogen-bond acceptors (Lipinski definition) is 6. The van der Waals surface area contributed by atoms with Crippen LogP contribution in [0, 0.1) is 28.8 Å². The Bertz CT molecular complexity index is 1220. The van der Waals surface area contributed by atoms with Crippen molar-refractivity contribution in [2.45, 2.75) is 12.8 Å². The SMILES string of the molecule is CN(CCNc1nc2c(F)c(F)cc(C(=N)N(O)c3ccc(F)c(Cl)c3)c2[nH]1)CC1CCOCC1. The Morgan fingerprint density at radius 2 is 2.00 bits per heavy atom. The molecule has 0 spiro atoms. The number of hydroxylamine groups is 1. The van der Waals surface area contributed by atoms with Gasteiger partial charge in [0.2, 0.25) is 5.95 Å². The van der Waals surface area contributed by atoms with Crippen LogP contribution in [0.2, 0.25) is 5.02 Å². The number of benzene rings is 2. The number of hydrogen-bond donors (Lipinski definition) is 4. The lowest BCUT2D eigenvalue weighted by Gasteiger charge is -2.27. The second-order valence-electron chi connectivity index (χ2n) is 8.53. The highest BCUT2D eigenvalue weighted by atomic mass is 35.5. The molecule has 0 saturated carbocycles. The van der Waals surface area contributed by atoms with Crippen LogP contribution in [0.25, 0.3) is 11.0 Å². The molecule has 1 aliphatic heterocycles. The van der Waals surface area contributed by atoms with E-state index < -0.39 is 23.3 Å². The van der Waals surface area contributed by atoms with Gasteiger partial charge < -0.3 is 19.9 Å². The predicted octanol–water partition coefficient (Wildman–Crippen LogP) is 4.63. The van der Waals surface area contributed by atoms with Crippen LogP contribution in [0.1, 0.15) is 18.4 Å². The van der Waals surface area contributed by atoms with E-state index in [2.05, 4.69) is 20.2 Å². The van der Waals surface area contributed by atoms with Crippen LogP contribution in [0.4, 0.5) is 24.8 Å². The van der Waals surface area contributed by atoms with Crippen molar-refractivity contribution in [1.29, 1.82) is 5.41 Å².